The maximum atomic E-state index is 11.5. The smallest absolute Gasteiger partial charge is 0.164 e. The van der Waals surface area contributed by atoms with Crippen LogP contribution >= 0.6 is 0 Å². The van der Waals surface area contributed by atoms with E-state index in [1.807, 2.05) is 0 Å². The van der Waals surface area contributed by atoms with Gasteiger partial charge in [-0.15, -0.1) is 0 Å². The van der Waals surface area contributed by atoms with Gasteiger partial charge in [-0.05, 0) is 81.0 Å². The van der Waals surface area contributed by atoms with Gasteiger partial charge in [-0.2, -0.15) is 0 Å². The molecule has 2 aliphatic rings. The standard InChI is InChI=1S/C28H52O3/c1-11-21(29)13-23-20(6)16-28(15-19(5)22(12-2)24(23)17-28)31-25(30)27(10,14-18(3)4)26(7,8)9/h14,19-25,29-30H,11-13,15-17H2,1-10H3/t19?,20?,21?,22?,23?,24?,25-,27?,28?/m1/s1. The van der Waals surface area contributed by atoms with Gasteiger partial charge < -0.3 is 14.9 Å². The second-order valence-electron chi connectivity index (χ2n) is 12.7. The van der Waals surface area contributed by atoms with Crippen LogP contribution < -0.4 is 0 Å². The maximum absolute atomic E-state index is 11.5. The molecule has 0 aromatic rings. The fourth-order valence-electron chi connectivity index (χ4n) is 6.97. The summed E-state index contributed by atoms with van der Waals surface area (Å²) in [5.41, 5.74) is 0.369. The summed E-state index contributed by atoms with van der Waals surface area (Å²) in [4.78, 5) is 0. The molecular weight excluding hydrogens is 384 g/mol. The van der Waals surface area contributed by atoms with Crippen LogP contribution in [0.1, 0.15) is 108 Å². The third-order valence-electron chi connectivity index (χ3n) is 9.12. The lowest BCUT2D eigenvalue weighted by Gasteiger charge is -2.58. The lowest BCUT2D eigenvalue weighted by atomic mass is 9.52. The van der Waals surface area contributed by atoms with Crippen molar-refractivity contribution in [3.8, 4) is 0 Å². The summed E-state index contributed by atoms with van der Waals surface area (Å²) < 4.78 is 6.80. The van der Waals surface area contributed by atoms with E-state index in [9.17, 15) is 10.2 Å². The van der Waals surface area contributed by atoms with Crippen LogP contribution in [-0.2, 0) is 4.74 Å². The topological polar surface area (TPSA) is 49.7 Å². The first-order chi connectivity index (χ1) is 14.2. The monoisotopic (exact) mass is 436 g/mol. The Kier molecular flexibility index (Phi) is 8.54. The molecule has 2 aliphatic carbocycles. The molecule has 2 N–H and O–H groups in total. The lowest BCUT2D eigenvalue weighted by Crippen LogP contribution is -2.57. The Morgan fingerprint density at radius 2 is 1.55 bits per heavy atom. The molecule has 2 saturated carbocycles. The summed E-state index contributed by atoms with van der Waals surface area (Å²) in [6, 6.07) is 0. The molecule has 9 atom stereocenters. The molecule has 0 heterocycles. The van der Waals surface area contributed by atoms with E-state index < -0.39 is 11.7 Å². The van der Waals surface area contributed by atoms with E-state index in [0.29, 0.717) is 29.6 Å². The number of rotatable bonds is 8. The van der Waals surface area contributed by atoms with Crippen molar-refractivity contribution in [1.29, 1.82) is 0 Å². The van der Waals surface area contributed by atoms with Crippen LogP contribution in [0.25, 0.3) is 0 Å². The Bertz CT molecular complexity index is 616. The summed E-state index contributed by atoms with van der Waals surface area (Å²) in [5, 5.41) is 22.0. The number of fused-ring (bicyclic) bond motifs is 2. The van der Waals surface area contributed by atoms with E-state index in [1.54, 1.807) is 0 Å². The molecule has 0 radical (unpaired) electrons. The molecule has 2 fully saturated rings. The zero-order valence-electron chi connectivity index (χ0n) is 22.2. The van der Waals surface area contributed by atoms with Crippen molar-refractivity contribution < 1.29 is 14.9 Å². The van der Waals surface area contributed by atoms with Gasteiger partial charge in [0.2, 0.25) is 0 Å². The number of ether oxygens (including phenoxy) is 1. The fraction of sp³-hybridized carbons (Fsp3) is 0.929. The predicted molar refractivity (Wildman–Crippen MR) is 131 cm³/mol. The van der Waals surface area contributed by atoms with E-state index in [1.165, 1.54) is 12.0 Å². The first-order valence-electron chi connectivity index (χ1n) is 12.9. The number of aliphatic hydroxyl groups excluding tert-OH is 2. The van der Waals surface area contributed by atoms with Gasteiger partial charge >= 0.3 is 0 Å². The maximum Gasteiger partial charge on any atom is 0.164 e. The highest BCUT2D eigenvalue weighted by atomic mass is 16.6. The average Bonchev–Trinajstić information content (AvgIpc) is 2.62. The molecule has 3 nitrogen and oxygen atoms in total. The van der Waals surface area contributed by atoms with Gasteiger partial charge in [0, 0.05) is 5.41 Å². The Balaban J connectivity index is 2.37. The van der Waals surface area contributed by atoms with Crippen molar-refractivity contribution in [3.63, 3.8) is 0 Å². The highest BCUT2D eigenvalue weighted by molar-refractivity contribution is 5.11. The van der Waals surface area contributed by atoms with Crippen molar-refractivity contribution >= 4 is 0 Å². The van der Waals surface area contributed by atoms with Crippen molar-refractivity contribution in [1.82, 2.24) is 0 Å². The van der Waals surface area contributed by atoms with Crippen LogP contribution in [0.4, 0.5) is 0 Å². The zero-order valence-corrected chi connectivity index (χ0v) is 22.2. The van der Waals surface area contributed by atoms with Gasteiger partial charge in [0.05, 0.1) is 11.7 Å². The summed E-state index contributed by atoms with van der Waals surface area (Å²) in [5.74, 6) is 2.86. The number of allylic oxidation sites excluding steroid dienone is 1. The predicted octanol–water partition coefficient (Wildman–Crippen LogP) is 6.97. The molecule has 182 valence electrons. The van der Waals surface area contributed by atoms with Crippen molar-refractivity contribution in [2.24, 2.45) is 40.4 Å². The lowest BCUT2D eigenvalue weighted by molar-refractivity contribution is -0.278. The molecule has 0 spiro atoms. The molecule has 0 aromatic carbocycles. The number of hydrogen-bond donors (Lipinski definition) is 2. The summed E-state index contributed by atoms with van der Waals surface area (Å²) >= 11 is 0. The van der Waals surface area contributed by atoms with E-state index in [2.05, 4.69) is 75.3 Å². The molecule has 0 aromatic heterocycles. The Labute approximate surface area is 193 Å². The minimum absolute atomic E-state index is 0.125. The minimum atomic E-state index is -0.835. The highest BCUT2D eigenvalue weighted by Crippen LogP contribution is 2.57. The van der Waals surface area contributed by atoms with Gasteiger partial charge in [-0.3, -0.25) is 0 Å². The Hall–Kier alpha value is -0.380. The SMILES string of the molecule is CCC(O)CC1C(C)CC2(O[C@@H](O)C(C)(C=C(C)C)C(C)(C)C)CC(C)C(CC)C1C2. The largest absolute Gasteiger partial charge is 0.393 e. The minimum Gasteiger partial charge on any atom is -0.393 e. The van der Waals surface area contributed by atoms with Crippen LogP contribution in [0.3, 0.4) is 0 Å². The zero-order chi connectivity index (χ0) is 23.8. The average molecular weight is 437 g/mol. The molecule has 31 heavy (non-hydrogen) atoms. The van der Waals surface area contributed by atoms with E-state index in [-0.39, 0.29) is 17.1 Å². The fourth-order valence-corrected chi connectivity index (χ4v) is 6.97. The third-order valence-corrected chi connectivity index (χ3v) is 9.12. The number of hydrogen-bond acceptors (Lipinski definition) is 3. The second-order valence-corrected chi connectivity index (χ2v) is 12.7. The van der Waals surface area contributed by atoms with E-state index >= 15 is 0 Å². The molecule has 2 rings (SSSR count). The van der Waals surface area contributed by atoms with Gasteiger partial charge in [0.25, 0.3) is 0 Å². The van der Waals surface area contributed by atoms with Gasteiger partial charge in [0.15, 0.2) is 6.29 Å². The number of aliphatic hydroxyl groups is 2. The van der Waals surface area contributed by atoms with Crippen LogP contribution in [0.2, 0.25) is 0 Å². The van der Waals surface area contributed by atoms with E-state index in [4.69, 9.17) is 4.74 Å². The molecule has 0 saturated heterocycles. The van der Waals surface area contributed by atoms with Crippen LogP contribution in [0.5, 0.6) is 0 Å². The van der Waals surface area contributed by atoms with E-state index in [0.717, 1.165) is 32.1 Å². The van der Waals surface area contributed by atoms with Crippen LogP contribution in [0, 0.1) is 40.4 Å². The quantitative estimate of drug-likeness (QED) is 0.319. The Morgan fingerprint density at radius 3 is 2.00 bits per heavy atom. The normalized spacial score (nSPS) is 37.6. The summed E-state index contributed by atoms with van der Waals surface area (Å²) in [6.07, 6.45) is 7.12. The van der Waals surface area contributed by atoms with Crippen LogP contribution in [-0.4, -0.2) is 28.2 Å². The molecule has 2 bridgehead atoms. The molecule has 0 aliphatic heterocycles. The molecule has 0 amide bonds. The molecule has 8 unspecified atom stereocenters. The first-order valence-corrected chi connectivity index (χ1v) is 12.9. The van der Waals surface area contributed by atoms with Gasteiger partial charge in [0.1, 0.15) is 0 Å². The second kappa shape index (κ2) is 9.85. The molecule has 3 heteroatoms. The third kappa shape index (κ3) is 5.58. The van der Waals surface area contributed by atoms with Crippen LogP contribution in [0.15, 0.2) is 11.6 Å². The highest BCUT2D eigenvalue weighted by Gasteiger charge is 2.55. The van der Waals surface area contributed by atoms with Gasteiger partial charge in [-0.25, -0.2) is 0 Å². The van der Waals surface area contributed by atoms with Crippen molar-refractivity contribution in [2.75, 3.05) is 0 Å². The molecular formula is C28H52O3. The van der Waals surface area contributed by atoms with Crippen molar-refractivity contribution in [3.05, 3.63) is 11.6 Å². The summed E-state index contributed by atoms with van der Waals surface area (Å²) in [7, 11) is 0. The summed E-state index contributed by atoms with van der Waals surface area (Å²) in [6.45, 7) is 22.1. The van der Waals surface area contributed by atoms with Crippen molar-refractivity contribution in [2.45, 2.75) is 126 Å². The first kappa shape index (κ1) is 26.9. The Morgan fingerprint density at radius 1 is 1.00 bits per heavy atom. The van der Waals surface area contributed by atoms with Gasteiger partial charge in [-0.1, -0.05) is 73.5 Å².